The fourth-order valence-corrected chi connectivity index (χ4v) is 2.50. The van der Waals surface area contributed by atoms with Crippen LogP contribution in [-0.4, -0.2) is 43.6 Å². The molecule has 8 heteroatoms. The van der Waals surface area contributed by atoms with Gasteiger partial charge in [0.25, 0.3) is 0 Å². The largest absolute Gasteiger partial charge is 0.373 e. The summed E-state index contributed by atoms with van der Waals surface area (Å²) in [6, 6.07) is -0.242. The zero-order valence-electron chi connectivity index (χ0n) is 11.6. The highest BCUT2D eigenvalue weighted by Gasteiger charge is 2.41. The lowest BCUT2D eigenvalue weighted by atomic mass is 10.2. The number of alkyl halides is 4. The Hall–Kier alpha value is -0.730. The molecule has 0 radical (unpaired) electrons. The van der Waals surface area contributed by atoms with Crippen molar-refractivity contribution < 1.29 is 22.3 Å². The fraction of sp³-hybridized carbons (Fsp3) is 0.750. The molecule has 0 amide bonds. The summed E-state index contributed by atoms with van der Waals surface area (Å²) < 4.78 is 54.0. The van der Waals surface area contributed by atoms with Crippen LogP contribution in [0.1, 0.15) is 15.6 Å². The standard InChI is InChI=1S/C12H18F4N2OS/c1-7-8(2)20-10(18-7)4-9(17-3)5-19-6-12(15,16)11(13)14/h9,11,17H,4-6H2,1-3H3. The van der Waals surface area contributed by atoms with Crippen molar-refractivity contribution in [3.8, 4) is 0 Å². The number of ether oxygens (including phenoxy) is 1. The number of aromatic nitrogens is 1. The van der Waals surface area contributed by atoms with Crippen LogP contribution in [0.2, 0.25) is 0 Å². The maximum absolute atomic E-state index is 12.7. The number of hydrogen-bond acceptors (Lipinski definition) is 4. The predicted octanol–water partition coefficient (Wildman–Crippen LogP) is 2.81. The van der Waals surface area contributed by atoms with E-state index in [1.165, 1.54) is 11.3 Å². The van der Waals surface area contributed by atoms with Gasteiger partial charge in [0.15, 0.2) is 0 Å². The molecule has 1 aromatic heterocycles. The molecule has 0 fully saturated rings. The van der Waals surface area contributed by atoms with Gasteiger partial charge in [-0.3, -0.25) is 0 Å². The summed E-state index contributed by atoms with van der Waals surface area (Å²) in [4.78, 5) is 5.44. The molecule has 20 heavy (non-hydrogen) atoms. The summed E-state index contributed by atoms with van der Waals surface area (Å²) in [7, 11) is 1.66. The van der Waals surface area contributed by atoms with E-state index in [2.05, 4.69) is 10.3 Å². The number of rotatable bonds is 8. The maximum atomic E-state index is 12.7. The monoisotopic (exact) mass is 314 g/mol. The Bertz CT molecular complexity index is 406. The molecule has 1 atom stereocenters. The smallest absolute Gasteiger partial charge is 0.330 e. The number of hydrogen-bond donors (Lipinski definition) is 1. The maximum Gasteiger partial charge on any atom is 0.330 e. The van der Waals surface area contributed by atoms with Crippen LogP contribution >= 0.6 is 11.3 Å². The van der Waals surface area contributed by atoms with E-state index in [1.54, 1.807) is 7.05 Å². The second kappa shape index (κ2) is 7.33. The molecule has 0 spiro atoms. The van der Waals surface area contributed by atoms with Gasteiger partial charge in [0.05, 0.1) is 17.3 Å². The van der Waals surface area contributed by atoms with E-state index in [4.69, 9.17) is 4.74 Å². The van der Waals surface area contributed by atoms with Gasteiger partial charge in [-0.2, -0.15) is 8.78 Å². The normalized spacial score (nSPS) is 14.0. The molecule has 116 valence electrons. The third-order valence-corrected chi connectivity index (χ3v) is 3.93. The van der Waals surface area contributed by atoms with Crippen molar-refractivity contribution in [2.45, 2.75) is 38.7 Å². The van der Waals surface area contributed by atoms with Gasteiger partial charge in [0.1, 0.15) is 6.61 Å². The summed E-state index contributed by atoms with van der Waals surface area (Å²) in [5.74, 6) is -4.10. The van der Waals surface area contributed by atoms with Gasteiger partial charge in [0.2, 0.25) is 0 Å². The third-order valence-electron chi connectivity index (χ3n) is 2.83. The van der Waals surface area contributed by atoms with E-state index in [-0.39, 0.29) is 12.6 Å². The van der Waals surface area contributed by atoms with Crippen molar-refractivity contribution in [3.63, 3.8) is 0 Å². The van der Waals surface area contributed by atoms with Gasteiger partial charge in [0, 0.05) is 17.3 Å². The molecule has 0 aliphatic carbocycles. The molecule has 0 aromatic carbocycles. The summed E-state index contributed by atoms with van der Waals surface area (Å²) in [6.07, 6.45) is -3.20. The Morgan fingerprint density at radius 1 is 1.35 bits per heavy atom. The molecular weight excluding hydrogens is 296 g/mol. The number of likely N-dealkylation sites (N-methyl/N-ethyl adjacent to an activating group) is 1. The van der Waals surface area contributed by atoms with Crippen LogP contribution in [-0.2, 0) is 11.2 Å². The minimum absolute atomic E-state index is 0.0729. The Labute approximate surface area is 119 Å². The highest BCUT2D eigenvalue weighted by Crippen LogP contribution is 2.23. The van der Waals surface area contributed by atoms with Crippen molar-refractivity contribution in [2.75, 3.05) is 20.3 Å². The van der Waals surface area contributed by atoms with Gasteiger partial charge in [-0.15, -0.1) is 11.3 Å². The molecule has 1 heterocycles. The summed E-state index contributed by atoms with van der Waals surface area (Å²) in [6.45, 7) is 2.49. The van der Waals surface area contributed by atoms with E-state index in [9.17, 15) is 17.6 Å². The molecule has 1 aromatic rings. The average Bonchev–Trinajstić information content (AvgIpc) is 2.66. The SMILES string of the molecule is CNC(COCC(F)(F)C(F)F)Cc1nc(C)c(C)s1. The number of thiazole rings is 1. The van der Waals surface area contributed by atoms with E-state index < -0.39 is 19.0 Å². The zero-order chi connectivity index (χ0) is 15.3. The third kappa shape index (κ3) is 4.99. The molecule has 1 N–H and O–H groups in total. The molecule has 3 nitrogen and oxygen atoms in total. The van der Waals surface area contributed by atoms with Crippen LogP contribution in [0.15, 0.2) is 0 Å². The second-order valence-electron chi connectivity index (χ2n) is 4.52. The molecule has 0 saturated carbocycles. The van der Waals surface area contributed by atoms with Gasteiger partial charge in [-0.05, 0) is 20.9 Å². The first-order valence-electron chi connectivity index (χ1n) is 6.10. The van der Waals surface area contributed by atoms with Crippen LogP contribution in [0, 0.1) is 13.8 Å². The summed E-state index contributed by atoms with van der Waals surface area (Å²) >= 11 is 1.53. The molecule has 1 rings (SSSR count). The lowest BCUT2D eigenvalue weighted by Gasteiger charge is -2.19. The minimum atomic E-state index is -4.10. The first kappa shape index (κ1) is 17.3. The highest BCUT2D eigenvalue weighted by molar-refractivity contribution is 7.11. The van der Waals surface area contributed by atoms with Crippen molar-refractivity contribution in [3.05, 3.63) is 15.6 Å². The number of nitrogens with zero attached hydrogens (tertiary/aromatic N) is 1. The topological polar surface area (TPSA) is 34.1 Å². The number of nitrogens with one attached hydrogen (secondary N) is 1. The van der Waals surface area contributed by atoms with E-state index in [0.717, 1.165) is 15.6 Å². The molecule has 1 unspecified atom stereocenters. The predicted molar refractivity (Wildman–Crippen MR) is 69.9 cm³/mol. The molecular formula is C12H18F4N2OS. The lowest BCUT2D eigenvalue weighted by Crippen LogP contribution is -2.37. The summed E-state index contributed by atoms with van der Waals surface area (Å²) in [5, 5.41) is 3.77. The Balaban J connectivity index is 2.44. The zero-order valence-corrected chi connectivity index (χ0v) is 12.4. The van der Waals surface area contributed by atoms with Crippen molar-refractivity contribution in [1.29, 1.82) is 0 Å². The summed E-state index contributed by atoms with van der Waals surface area (Å²) in [5.41, 5.74) is 0.935. The van der Waals surface area contributed by atoms with Crippen LogP contribution in [0.25, 0.3) is 0 Å². The van der Waals surface area contributed by atoms with Crippen molar-refractivity contribution in [2.24, 2.45) is 0 Å². The molecule has 0 aliphatic rings. The quantitative estimate of drug-likeness (QED) is 0.749. The Kier molecular flexibility index (Phi) is 6.35. The van der Waals surface area contributed by atoms with Gasteiger partial charge < -0.3 is 10.1 Å². The minimum Gasteiger partial charge on any atom is -0.373 e. The molecule has 0 aliphatic heterocycles. The highest BCUT2D eigenvalue weighted by atomic mass is 32.1. The Morgan fingerprint density at radius 3 is 2.45 bits per heavy atom. The van der Waals surface area contributed by atoms with Crippen molar-refractivity contribution >= 4 is 11.3 Å². The van der Waals surface area contributed by atoms with E-state index >= 15 is 0 Å². The van der Waals surface area contributed by atoms with E-state index in [0.29, 0.717) is 6.42 Å². The first-order valence-corrected chi connectivity index (χ1v) is 6.91. The average molecular weight is 314 g/mol. The van der Waals surface area contributed by atoms with E-state index in [1.807, 2.05) is 13.8 Å². The molecule has 0 bridgehead atoms. The Morgan fingerprint density at radius 2 is 2.00 bits per heavy atom. The van der Waals surface area contributed by atoms with Crippen LogP contribution in [0.3, 0.4) is 0 Å². The fourth-order valence-electron chi connectivity index (χ4n) is 1.48. The van der Waals surface area contributed by atoms with Crippen LogP contribution in [0.4, 0.5) is 17.6 Å². The van der Waals surface area contributed by atoms with Gasteiger partial charge in [-0.1, -0.05) is 0 Å². The van der Waals surface area contributed by atoms with Gasteiger partial charge >= 0.3 is 12.3 Å². The number of aryl methyl sites for hydroxylation is 2. The van der Waals surface area contributed by atoms with Crippen LogP contribution < -0.4 is 5.32 Å². The number of halogens is 4. The van der Waals surface area contributed by atoms with Crippen LogP contribution in [0.5, 0.6) is 0 Å². The van der Waals surface area contributed by atoms with Crippen molar-refractivity contribution in [1.82, 2.24) is 10.3 Å². The second-order valence-corrected chi connectivity index (χ2v) is 5.80. The lowest BCUT2D eigenvalue weighted by molar-refractivity contribution is -0.166. The molecule has 0 saturated heterocycles. The van der Waals surface area contributed by atoms with Gasteiger partial charge in [-0.25, -0.2) is 13.8 Å². The first-order chi connectivity index (χ1) is 9.26.